The Morgan fingerprint density at radius 2 is 1.84 bits per heavy atom. The third-order valence-corrected chi connectivity index (χ3v) is 5.27. The summed E-state index contributed by atoms with van der Waals surface area (Å²) in [6, 6.07) is 12.5. The summed E-state index contributed by atoms with van der Waals surface area (Å²) < 4.78 is 2.10. The molecule has 1 N–H and O–H groups in total. The third-order valence-electron chi connectivity index (χ3n) is 5.27. The van der Waals surface area contributed by atoms with Crippen LogP contribution in [0, 0.1) is 0 Å². The molecule has 8 nitrogen and oxygen atoms in total. The Morgan fingerprint density at radius 1 is 1.00 bits per heavy atom. The van der Waals surface area contributed by atoms with Crippen molar-refractivity contribution < 1.29 is 0 Å². The molecular weight excluding hydrogens is 388 g/mol. The quantitative estimate of drug-likeness (QED) is 0.415. The summed E-state index contributed by atoms with van der Waals surface area (Å²) in [5, 5.41) is 18.9. The number of hydrogen-bond donors (Lipinski definition) is 1. The second-order valence-corrected chi connectivity index (χ2v) is 7.65. The van der Waals surface area contributed by atoms with Crippen LogP contribution in [0.25, 0.3) is 22.6 Å². The molecule has 0 saturated heterocycles. The summed E-state index contributed by atoms with van der Waals surface area (Å²) in [7, 11) is 0. The summed E-state index contributed by atoms with van der Waals surface area (Å²) in [6.07, 6.45) is 8.00. The average molecular weight is 417 g/mol. The minimum atomic E-state index is 0.559. The molecule has 3 heterocycles. The number of benzene rings is 1. The van der Waals surface area contributed by atoms with Gasteiger partial charge >= 0.3 is 0 Å². The Balaban J connectivity index is 1.55. The van der Waals surface area contributed by atoms with E-state index in [0.29, 0.717) is 5.82 Å². The van der Waals surface area contributed by atoms with Gasteiger partial charge in [0, 0.05) is 31.1 Å². The lowest BCUT2D eigenvalue weighted by molar-refractivity contribution is 0.544. The van der Waals surface area contributed by atoms with Crippen LogP contribution in [-0.2, 0) is 19.4 Å². The van der Waals surface area contributed by atoms with Gasteiger partial charge in [0.25, 0.3) is 0 Å². The molecule has 4 aromatic rings. The van der Waals surface area contributed by atoms with Gasteiger partial charge in [-0.3, -0.25) is 4.98 Å². The highest BCUT2D eigenvalue weighted by molar-refractivity contribution is 5.77. The van der Waals surface area contributed by atoms with Crippen LogP contribution in [0.5, 0.6) is 0 Å². The summed E-state index contributed by atoms with van der Waals surface area (Å²) >= 11 is 0. The number of tetrazole rings is 1. The number of pyridine rings is 1. The predicted octanol–water partition coefficient (Wildman–Crippen LogP) is 4.25. The normalized spacial score (nSPS) is 11.2. The first-order valence-corrected chi connectivity index (χ1v) is 11.0. The van der Waals surface area contributed by atoms with Gasteiger partial charge in [-0.05, 0) is 40.5 Å². The number of aromatic nitrogens is 8. The number of rotatable bonds is 10. The van der Waals surface area contributed by atoms with Gasteiger partial charge in [-0.2, -0.15) is 5.10 Å². The number of aromatic amines is 1. The maximum Gasteiger partial charge on any atom is 0.198 e. The second kappa shape index (κ2) is 10.1. The topological polar surface area (TPSA) is 98.1 Å². The molecule has 0 radical (unpaired) electrons. The van der Waals surface area contributed by atoms with Crippen LogP contribution in [-0.4, -0.2) is 40.4 Å². The molecular formula is C23H28N8. The lowest BCUT2D eigenvalue weighted by Gasteiger charge is -2.08. The fourth-order valence-corrected chi connectivity index (χ4v) is 3.56. The van der Waals surface area contributed by atoms with Crippen molar-refractivity contribution in [1.29, 1.82) is 0 Å². The van der Waals surface area contributed by atoms with Crippen LogP contribution in [0.1, 0.15) is 56.7 Å². The predicted molar refractivity (Wildman–Crippen MR) is 119 cm³/mol. The zero-order chi connectivity index (χ0) is 21.5. The Kier molecular flexibility index (Phi) is 6.76. The zero-order valence-corrected chi connectivity index (χ0v) is 18.1. The fourth-order valence-electron chi connectivity index (χ4n) is 3.56. The van der Waals surface area contributed by atoms with Crippen molar-refractivity contribution in [2.45, 2.75) is 58.9 Å². The Labute approximate surface area is 182 Å². The van der Waals surface area contributed by atoms with Gasteiger partial charge in [0.1, 0.15) is 11.5 Å². The smallest absolute Gasteiger partial charge is 0.198 e. The summed E-state index contributed by atoms with van der Waals surface area (Å²) in [4.78, 5) is 9.30. The zero-order valence-electron chi connectivity index (χ0n) is 18.1. The molecule has 0 aliphatic rings. The molecule has 0 unspecified atom stereocenters. The second-order valence-electron chi connectivity index (χ2n) is 7.65. The van der Waals surface area contributed by atoms with E-state index in [1.165, 1.54) is 5.56 Å². The van der Waals surface area contributed by atoms with Gasteiger partial charge in [-0.15, -0.1) is 5.10 Å². The first kappa shape index (κ1) is 20.8. The van der Waals surface area contributed by atoms with Crippen LogP contribution < -0.4 is 0 Å². The molecule has 0 atom stereocenters. The Bertz CT molecular complexity index is 1080. The van der Waals surface area contributed by atoms with E-state index in [0.717, 1.165) is 73.5 Å². The van der Waals surface area contributed by atoms with Crippen molar-refractivity contribution in [3.63, 3.8) is 0 Å². The van der Waals surface area contributed by atoms with E-state index in [2.05, 4.69) is 68.4 Å². The average Bonchev–Trinajstić information content (AvgIpc) is 3.47. The lowest BCUT2D eigenvalue weighted by Crippen LogP contribution is -2.06. The van der Waals surface area contributed by atoms with Gasteiger partial charge < -0.3 is 0 Å². The monoisotopic (exact) mass is 416 g/mol. The standard InChI is InChI=1S/C23H28N8/c1-3-5-9-20-25-21(31(28-20)15-6-4-2)16-17-10-12-18(13-11-17)19-8-7-14-24-22(19)23-26-29-30-27-23/h7-8,10-14H,3-6,9,15-16H2,1-2H3,(H,26,27,29,30). The van der Waals surface area contributed by atoms with Crippen LogP contribution in [0.3, 0.4) is 0 Å². The number of hydrogen-bond acceptors (Lipinski definition) is 6. The van der Waals surface area contributed by atoms with E-state index in [1.807, 2.05) is 12.1 Å². The van der Waals surface area contributed by atoms with Crippen molar-refractivity contribution in [2.24, 2.45) is 0 Å². The lowest BCUT2D eigenvalue weighted by atomic mass is 10.0. The summed E-state index contributed by atoms with van der Waals surface area (Å²) in [5.74, 6) is 2.57. The Morgan fingerprint density at radius 3 is 2.58 bits per heavy atom. The highest BCUT2D eigenvalue weighted by atomic mass is 15.5. The summed E-state index contributed by atoms with van der Waals surface area (Å²) in [5.41, 5.74) is 4.00. The van der Waals surface area contributed by atoms with Crippen molar-refractivity contribution in [1.82, 2.24) is 40.4 Å². The molecule has 160 valence electrons. The van der Waals surface area contributed by atoms with Crippen molar-refractivity contribution in [2.75, 3.05) is 0 Å². The molecule has 0 fully saturated rings. The molecule has 0 spiro atoms. The molecule has 31 heavy (non-hydrogen) atoms. The Hall–Kier alpha value is -3.42. The van der Waals surface area contributed by atoms with E-state index < -0.39 is 0 Å². The number of aryl methyl sites for hydroxylation is 2. The molecule has 8 heteroatoms. The fraction of sp³-hybridized carbons (Fsp3) is 0.391. The van der Waals surface area contributed by atoms with E-state index in [1.54, 1.807) is 6.20 Å². The highest BCUT2D eigenvalue weighted by Gasteiger charge is 2.13. The minimum absolute atomic E-state index is 0.559. The van der Waals surface area contributed by atoms with Gasteiger partial charge in [0.05, 0.1) is 0 Å². The molecule has 0 amide bonds. The van der Waals surface area contributed by atoms with Crippen molar-refractivity contribution in [3.05, 3.63) is 59.8 Å². The van der Waals surface area contributed by atoms with E-state index in [-0.39, 0.29) is 0 Å². The van der Waals surface area contributed by atoms with Crippen LogP contribution in [0.4, 0.5) is 0 Å². The van der Waals surface area contributed by atoms with E-state index in [9.17, 15) is 0 Å². The van der Waals surface area contributed by atoms with Crippen LogP contribution >= 0.6 is 0 Å². The molecule has 4 rings (SSSR count). The van der Waals surface area contributed by atoms with Crippen LogP contribution in [0.2, 0.25) is 0 Å². The number of nitrogens with one attached hydrogen (secondary N) is 1. The number of nitrogens with zero attached hydrogens (tertiary/aromatic N) is 7. The van der Waals surface area contributed by atoms with Gasteiger partial charge in [-0.25, -0.2) is 14.8 Å². The van der Waals surface area contributed by atoms with Gasteiger partial charge in [0.15, 0.2) is 11.6 Å². The maximum atomic E-state index is 4.84. The molecule has 0 bridgehead atoms. The third kappa shape index (κ3) is 5.02. The van der Waals surface area contributed by atoms with Crippen LogP contribution in [0.15, 0.2) is 42.6 Å². The summed E-state index contributed by atoms with van der Waals surface area (Å²) in [6.45, 7) is 5.32. The molecule has 3 aromatic heterocycles. The first-order chi connectivity index (χ1) is 15.3. The first-order valence-electron chi connectivity index (χ1n) is 11.0. The van der Waals surface area contributed by atoms with E-state index in [4.69, 9.17) is 10.1 Å². The largest absolute Gasteiger partial charge is 0.252 e. The minimum Gasteiger partial charge on any atom is -0.252 e. The molecule has 0 aliphatic carbocycles. The van der Waals surface area contributed by atoms with Crippen molar-refractivity contribution in [3.8, 4) is 22.6 Å². The highest BCUT2D eigenvalue weighted by Crippen LogP contribution is 2.28. The van der Waals surface area contributed by atoms with Gasteiger partial charge in [-0.1, -0.05) is 57.0 Å². The molecule has 0 aliphatic heterocycles. The molecule has 0 saturated carbocycles. The van der Waals surface area contributed by atoms with E-state index >= 15 is 0 Å². The number of H-pyrrole nitrogens is 1. The number of unbranched alkanes of at least 4 members (excludes halogenated alkanes) is 2. The maximum absolute atomic E-state index is 4.84. The molecule has 1 aromatic carbocycles. The SMILES string of the molecule is CCCCc1nc(Cc2ccc(-c3cccnc3-c3nnn[nH]3)cc2)n(CCCC)n1. The van der Waals surface area contributed by atoms with Gasteiger partial charge in [0.2, 0.25) is 0 Å². The van der Waals surface area contributed by atoms with Crippen molar-refractivity contribution >= 4 is 0 Å².